The molecule has 0 spiro atoms. The molecule has 1 fully saturated rings. The topological polar surface area (TPSA) is 74.2 Å². The van der Waals surface area contributed by atoms with Crippen LogP contribution in [0.15, 0.2) is 89.7 Å². The van der Waals surface area contributed by atoms with E-state index in [1.54, 1.807) is 0 Å². The highest BCUT2D eigenvalue weighted by atomic mass is 16.3. The van der Waals surface area contributed by atoms with Crippen molar-refractivity contribution in [2.24, 2.45) is 0 Å². The minimum atomic E-state index is -0.704. The van der Waals surface area contributed by atoms with E-state index in [4.69, 9.17) is 0 Å². The third kappa shape index (κ3) is 4.18. The molecule has 4 aromatic rings. The molecule has 6 nitrogen and oxygen atoms in total. The van der Waals surface area contributed by atoms with Crippen molar-refractivity contribution >= 4 is 11.0 Å². The molecule has 2 heterocycles. The molecule has 178 valence electrons. The average Bonchev–Trinajstić information content (AvgIpc) is 3.21. The third-order valence-electron chi connectivity index (χ3n) is 7.46. The maximum atomic E-state index is 13.0. The Balaban J connectivity index is 1.34. The quantitative estimate of drug-likeness (QED) is 0.441. The molecule has 0 unspecified atom stereocenters. The summed E-state index contributed by atoms with van der Waals surface area (Å²) in [6.07, 6.45) is 2.41. The lowest BCUT2D eigenvalue weighted by molar-refractivity contribution is 0.175. The minimum Gasteiger partial charge on any atom is -0.376 e. The van der Waals surface area contributed by atoms with Gasteiger partial charge in [0.15, 0.2) is 0 Å². The van der Waals surface area contributed by atoms with Gasteiger partial charge in [0.1, 0.15) is 12.1 Å². The summed E-state index contributed by atoms with van der Waals surface area (Å²) in [7, 11) is 0. The largest absolute Gasteiger partial charge is 0.376 e. The molecule has 0 aliphatic carbocycles. The highest BCUT2D eigenvalue weighted by Gasteiger charge is 2.35. The lowest BCUT2D eigenvalue weighted by Gasteiger charge is -2.35. The molecule has 35 heavy (non-hydrogen) atoms. The molecule has 0 atom stereocenters. The van der Waals surface area contributed by atoms with Crippen molar-refractivity contribution in [1.29, 1.82) is 5.26 Å². The van der Waals surface area contributed by atoms with E-state index in [2.05, 4.69) is 11.0 Å². The highest BCUT2D eigenvalue weighted by Crippen LogP contribution is 2.36. The fourth-order valence-corrected chi connectivity index (χ4v) is 5.53. The van der Waals surface area contributed by atoms with Gasteiger partial charge in [-0.15, -0.1) is 0 Å². The number of rotatable bonds is 7. The number of aromatic nitrogens is 2. The predicted octanol–water partition coefficient (Wildman–Crippen LogP) is 4.29. The molecular weight excluding hydrogens is 436 g/mol. The van der Waals surface area contributed by atoms with Crippen LogP contribution in [0.25, 0.3) is 11.0 Å². The van der Waals surface area contributed by atoms with E-state index >= 15 is 0 Å². The maximum absolute atomic E-state index is 13.0. The van der Waals surface area contributed by atoms with Crippen LogP contribution in [0.3, 0.4) is 0 Å². The minimum absolute atomic E-state index is 0.0976. The van der Waals surface area contributed by atoms with Crippen molar-refractivity contribution < 1.29 is 5.11 Å². The maximum Gasteiger partial charge on any atom is 0.331 e. The molecule has 3 aromatic carbocycles. The van der Waals surface area contributed by atoms with Gasteiger partial charge in [-0.05, 0) is 42.5 Å². The summed E-state index contributed by atoms with van der Waals surface area (Å²) in [6.45, 7) is 2.21. The fourth-order valence-electron chi connectivity index (χ4n) is 5.53. The number of para-hydroxylation sites is 2. The van der Waals surface area contributed by atoms with Gasteiger partial charge < -0.3 is 10.0 Å². The van der Waals surface area contributed by atoms with E-state index in [-0.39, 0.29) is 18.5 Å². The molecule has 0 radical (unpaired) electrons. The number of aliphatic hydroxyl groups excluding tert-OH is 1. The molecule has 5 rings (SSSR count). The first kappa shape index (κ1) is 23.1. The Bertz CT molecular complexity index is 1340. The second-order valence-electron chi connectivity index (χ2n) is 9.28. The van der Waals surface area contributed by atoms with Gasteiger partial charge >= 0.3 is 5.69 Å². The summed E-state index contributed by atoms with van der Waals surface area (Å²) >= 11 is 0. The average molecular weight is 467 g/mol. The van der Waals surface area contributed by atoms with Crippen LogP contribution in [0, 0.1) is 11.3 Å². The van der Waals surface area contributed by atoms with Crippen molar-refractivity contribution in [3.63, 3.8) is 0 Å². The zero-order valence-electron chi connectivity index (χ0n) is 19.8. The molecule has 6 heteroatoms. The Kier molecular flexibility index (Phi) is 6.54. The first-order valence-electron chi connectivity index (χ1n) is 12.2. The fraction of sp³-hybridized carbons (Fsp3) is 0.310. The molecule has 1 saturated heterocycles. The Morgan fingerprint density at radius 3 is 1.94 bits per heavy atom. The summed E-state index contributed by atoms with van der Waals surface area (Å²) in [5, 5.41) is 20.2. The summed E-state index contributed by atoms with van der Waals surface area (Å²) in [5.74, 6) is 0. The number of piperidine rings is 1. The van der Waals surface area contributed by atoms with Crippen LogP contribution in [0.2, 0.25) is 0 Å². The van der Waals surface area contributed by atoms with E-state index in [9.17, 15) is 15.2 Å². The van der Waals surface area contributed by atoms with Gasteiger partial charge in [-0.25, -0.2) is 4.79 Å². The molecule has 1 aliphatic rings. The normalized spacial score (nSPS) is 15.3. The first-order chi connectivity index (χ1) is 17.2. The van der Waals surface area contributed by atoms with Gasteiger partial charge in [0.05, 0.1) is 17.1 Å². The second-order valence-corrected chi connectivity index (χ2v) is 9.28. The lowest BCUT2D eigenvalue weighted by atomic mass is 9.73. The smallest absolute Gasteiger partial charge is 0.331 e. The summed E-state index contributed by atoms with van der Waals surface area (Å²) in [4.78, 5) is 15.4. The standard InChI is InChI=1S/C29H30N4O2/c30-21-29(23-9-3-1-4-10-23,24-11-5-2-6-12-24)17-20-31-18-15-25(16-19-31)33-27-14-8-7-13-26(27)32(22-34)28(33)35/h1-14,25,34H,15-20,22H2. The van der Waals surface area contributed by atoms with Crippen LogP contribution in [-0.4, -0.2) is 38.8 Å². The van der Waals surface area contributed by atoms with Crippen molar-refractivity contribution in [1.82, 2.24) is 14.0 Å². The van der Waals surface area contributed by atoms with E-state index in [1.165, 1.54) is 4.57 Å². The van der Waals surface area contributed by atoms with E-state index in [0.29, 0.717) is 6.42 Å². The van der Waals surface area contributed by atoms with Crippen LogP contribution < -0.4 is 5.69 Å². The molecule has 1 aliphatic heterocycles. The van der Waals surface area contributed by atoms with Gasteiger partial charge in [0.2, 0.25) is 0 Å². The monoisotopic (exact) mass is 466 g/mol. The Hall–Kier alpha value is -3.66. The molecule has 1 N–H and O–H groups in total. The van der Waals surface area contributed by atoms with Crippen molar-refractivity contribution in [2.75, 3.05) is 19.6 Å². The molecule has 0 amide bonds. The Morgan fingerprint density at radius 2 is 1.40 bits per heavy atom. The number of imidazole rings is 1. The van der Waals surface area contributed by atoms with Gasteiger partial charge in [0, 0.05) is 25.7 Å². The van der Waals surface area contributed by atoms with Gasteiger partial charge in [-0.3, -0.25) is 9.13 Å². The summed E-state index contributed by atoms with van der Waals surface area (Å²) in [5.41, 5.74) is 2.83. The van der Waals surface area contributed by atoms with Gasteiger partial charge in [0.25, 0.3) is 0 Å². The summed E-state index contributed by atoms with van der Waals surface area (Å²) in [6, 6.07) is 30.6. The first-order valence-corrected chi connectivity index (χ1v) is 12.2. The number of nitriles is 1. The van der Waals surface area contributed by atoms with E-state index in [0.717, 1.165) is 54.6 Å². The molecule has 0 saturated carbocycles. The number of hydrogen-bond donors (Lipinski definition) is 1. The summed E-state index contributed by atoms with van der Waals surface area (Å²) < 4.78 is 3.29. The number of hydrogen-bond acceptors (Lipinski definition) is 4. The Labute approximate surface area is 205 Å². The molecular formula is C29H30N4O2. The number of likely N-dealkylation sites (tertiary alicyclic amines) is 1. The van der Waals surface area contributed by atoms with E-state index < -0.39 is 5.41 Å². The highest BCUT2D eigenvalue weighted by molar-refractivity contribution is 5.76. The number of fused-ring (bicyclic) bond motifs is 1. The van der Waals surface area contributed by atoms with Crippen molar-refractivity contribution in [2.45, 2.75) is 37.5 Å². The third-order valence-corrected chi connectivity index (χ3v) is 7.46. The van der Waals surface area contributed by atoms with Crippen LogP contribution in [0.1, 0.15) is 36.4 Å². The SMILES string of the molecule is N#CC(CCN1CCC(n2c(=O)n(CO)c3ccccc32)CC1)(c1ccccc1)c1ccccc1. The predicted molar refractivity (Wildman–Crippen MR) is 137 cm³/mol. The second kappa shape index (κ2) is 9.91. The van der Waals surface area contributed by atoms with Crippen LogP contribution in [-0.2, 0) is 12.1 Å². The molecule has 0 bridgehead atoms. The van der Waals surface area contributed by atoms with Crippen molar-refractivity contribution in [3.05, 3.63) is 107 Å². The zero-order chi connectivity index (χ0) is 24.3. The van der Waals surface area contributed by atoms with Crippen molar-refractivity contribution in [3.8, 4) is 6.07 Å². The lowest BCUT2D eigenvalue weighted by Crippen LogP contribution is -2.40. The zero-order valence-corrected chi connectivity index (χ0v) is 19.8. The Morgan fingerprint density at radius 1 is 0.857 bits per heavy atom. The van der Waals surface area contributed by atoms with Gasteiger partial charge in [-0.1, -0.05) is 72.8 Å². The number of benzene rings is 3. The van der Waals surface area contributed by atoms with Crippen LogP contribution in [0.5, 0.6) is 0 Å². The van der Waals surface area contributed by atoms with Crippen LogP contribution in [0.4, 0.5) is 0 Å². The van der Waals surface area contributed by atoms with Crippen LogP contribution >= 0.6 is 0 Å². The van der Waals surface area contributed by atoms with Gasteiger partial charge in [-0.2, -0.15) is 5.26 Å². The number of aliphatic hydroxyl groups is 1. The van der Waals surface area contributed by atoms with E-state index in [1.807, 2.05) is 89.5 Å². The number of nitrogens with zero attached hydrogens (tertiary/aromatic N) is 4. The molecule has 1 aromatic heterocycles.